The second-order valence-electron chi connectivity index (χ2n) is 6.76. The fourth-order valence-corrected chi connectivity index (χ4v) is 4.76. The van der Waals surface area contributed by atoms with Gasteiger partial charge in [-0.1, -0.05) is 0 Å². The Morgan fingerprint density at radius 1 is 1.15 bits per heavy atom. The highest BCUT2D eigenvalue weighted by Crippen LogP contribution is 2.30. The summed E-state index contributed by atoms with van der Waals surface area (Å²) in [5, 5.41) is 9.26. The van der Waals surface area contributed by atoms with E-state index in [1.807, 2.05) is 11.8 Å². The van der Waals surface area contributed by atoms with Gasteiger partial charge in [0.15, 0.2) is 0 Å². The highest BCUT2D eigenvalue weighted by Gasteiger charge is 2.30. The van der Waals surface area contributed by atoms with Crippen LogP contribution in [0.15, 0.2) is 18.2 Å². The molecule has 0 unspecified atom stereocenters. The van der Waals surface area contributed by atoms with Crippen molar-refractivity contribution >= 4 is 27.8 Å². The standard InChI is InChI=1S/C17H23N3O5S/c1-12-5-4-10-20(12)15-11-13(17(22)23)6-7-14(15)16(21)18-26(24,25)19-8-2-3-9-19/h6-7,11-12H,2-5,8-10H2,1H3,(H,18,21)(H,22,23)/t12-/m0/s1. The van der Waals surface area contributed by atoms with Crippen molar-refractivity contribution in [2.45, 2.75) is 38.6 Å². The smallest absolute Gasteiger partial charge is 0.335 e. The molecule has 0 radical (unpaired) electrons. The number of nitrogens with zero attached hydrogens (tertiary/aromatic N) is 2. The third kappa shape index (κ3) is 3.68. The first kappa shape index (κ1) is 18.7. The molecule has 2 fully saturated rings. The average molecular weight is 381 g/mol. The number of hydrogen-bond donors (Lipinski definition) is 2. The molecule has 1 atom stereocenters. The van der Waals surface area contributed by atoms with Gasteiger partial charge in [-0.25, -0.2) is 9.52 Å². The first-order chi connectivity index (χ1) is 12.3. The van der Waals surface area contributed by atoms with Gasteiger partial charge in [0.25, 0.3) is 5.91 Å². The van der Waals surface area contributed by atoms with Crippen LogP contribution in [-0.4, -0.2) is 55.4 Å². The minimum atomic E-state index is -3.89. The number of hydrogen-bond acceptors (Lipinski definition) is 5. The van der Waals surface area contributed by atoms with Crippen molar-refractivity contribution < 1.29 is 23.1 Å². The lowest BCUT2D eigenvalue weighted by atomic mass is 10.1. The molecule has 0 bridgehead atoms. The van der Waals surface area contributed by atoms with Gasteiger partial charge in [0.2, 0.25) is 0 Å². The number of carboxylic acid groups (broad SMARTS) is 1. The Bertz CT molecular complexity index is 818. The lowest BCUT2D eigenvalue weighted by Crippen LogP contribution is -2.42. The highest BCUT2D eigenvalue weighted by molar-refractivity contribution is 7.87. The van der Waals surface area contributed by atoms with Gasteiger partial charge in [0, 0.05) is 25.7 Å². The molecule has 2 saturated heterocycles. The van der Waals surface area contributed by atoms with Crippen LogP contribution in [0.25, 0.3) is 0 Å². The summed E-state index contributed by atoms with van der Waals surface area (Å²) in [4.78, 5) is 26.0. The average Bonchev–Trinajstić information content (AvgIpc) is 3.25. The number of carboxylic acids is 1. The van der Waals surface area contributed by atoms with Crippen LogP contribution in [0.3, 0.4) is 0 Å². The van der Waals surface area contributed by atoms with Crippen molar-refractivity contribution in [1.82, 2.24) is 9.03 Å². The molecule has 0 saturated carbocycles. The number of nitrogens with one attached hydrogen (secondary N) is 1. The molecule has 2 aliphatic rings. The molecular formula is C17H23N3O5S. The van der Waals surface area contributed by atoms with Crippen LogP contribution in [0.5, 0.6) is 0 Å². The monoisotopic (exact) mass is 381 g/mol. The number of aromatic carboxylic acids is 1. The fraction of sp³-hybridized carbons (Fsp3) is 0.529. The summed E-state index contributed by atoms with van der Waals surface area (Å²) in [5.41, 5.74) is 0.702. The van der Waals surface area contributed by atoms with Crippen molar-refractivity contribution in [3.63, 3.8) is 0 Å². The van der Waals surface area contributed by atoms with Gasteiger partial charge in [-0.3, -0.25) is 4.79 Å². The van der Waals surface area contributed by atoms with Gasteiger partial charge < -0.3 is 10.0 Å². The Morgan fingerprint density at radius 3 is 2.42 bits per heavy atom. The maximum atomic E-state index is 12.7. The normalized spacial score (nSPS) is 21.1. The van der Waals surface area contributed by atoms with E-state index < -0.39 is 22.1 Å². The molecule has 8 nitrogen and oxygen atoms in total. The number of benzene rings is 1. The largest absolute Gasteiger partial charge is 0.478 e. The number of carbonyl (C=O) groups excluding carboxylic acids is 1. The molecule has 1 aromatic carbocycles. The predicted octanol–water partition coefficient (Wildman–Crippen LogP) is 1.44. The highest BCUT2D eigenvalue weighted by atomic mass is 32.2. The van der Waals surface area contributed by atoms with E-state index in [9.17, 15) is 23.1 Å². The minimum Gasteiger partial charge on any atom is -0.478 e. The molecule has 142 valence electrons. The molecule has 0 aliphatic carbocycles. The van der Waals surface area contributed by atoms with Crippen LogP contribution in [-0.2, 0) is 10.2 Å². The van der Waals surface area contributed by atoms with E-state index in [1.165, 1.54) is 22.5 Å². The molecular weight excluding hydrogens is 358 g/mol. The van der Waals surface area contributed by atoms with Gasteiger partial charge in [-0.2, -0.15) is 12.7 Å². The molecule has 0 aromatic heterocycles. The zero-order valence-corrected chi connectivity index (χ0v) is 15.5. The summed E-state index contributed by atoms with van der Waals surface area (Å²) < 4.78 is 28.1. The third-order valence-corrected chi connectivity index (χ3v) is 6.47. The summed E-state index contributed by atoms with van der Waals surface area (Å²) in [6, 6.07) is 4.31. The lowest BCUT2D eigenvalue weighted by molar-refractivity contribution is 0.0696. The van der Waals surface area contributed by atoms with E-state index in [1.54, 1.807) is 0 Å². The first-order valence-corrected chi connectivity index (χ1v) is 10.2. The molecule has 2 aliphatic heterocycles. The second kappa shape index (κ2) is 7.24. The molecule has 1 amide bonds. The molecule has 26 heavy (non-hydrogen) atoms. The predicted molar refractivity (Wildman–Crippen MR) is 96.6 cm³/mol. The molecule has 1 aromatic rings. The van der Waals surface area contributed by atoms with Crippen LogP contribution in [0, 0.1) is 0 Å². The minimum absolute atomic E-state index is 0.0676. The number of rotatable bonds is 5. The van der Waals surface area contributed by atoms with Crippen molar-refractivity contribution in [1.29, 1.82) is 0 Å². The topological polar surface area (TPSA) is 107 Å². The summed E-state index contributed by atoms with van der Waals surface area (Å²) >= 11 is 0. The van der Waals surface area contributed by atoms with E-state index in [0.717, 1.165) is 25.7 Å². The molecule has 3 rings (SSSR count). The van der Waals surface area contributed by atoms with Crippen LogP contribution >= 0.6 is 0 Å². The van der Waals surface area contributed by atoms with Gasteiger partial charge >= 0.3 is 16.2 Å². The summed E-state index contributed by atoms with van der Waals surface area (Å²) in [7, 11) is -3.89. The Hall–Kier alpha value is -2.13. The quantitative estimate of drug-likeness (QED) is 0.799. The lowest BCUT2D eigenvalue weighted by Gasteiger charge is -2.26. The summed E-state index contributed by atoms with van der Waals surface area (Å²) in [6.07, 6.45) is 3.42. The van der Waals surface area contributed by atoms with Crippen LogP contribution in [0.1, 0.15) is 53.3 Å². The summed E-state index contributed by atoms with van der Waals surface area (Å²) in [5.74, 6) is -1.82. The number of amides is 1. The molecule has 2 heterocycles. The molecule has 9 heteroatoms. The van der Waals surface area contributed by atoms with Crippen molar-refractivity contribution in [3.8, 4) is 0 Å². The van der Waals surface area contributed by atoms with E-state index >= 15 is 0 Å². The third-order valence-electron chi connectivity index (χ3n) is 4.98. The Balaban J connectivity index is 1.92. The Morgan fingerprint density at radius 2 is 1.85 bits per heavy atom. The fourth-order valence-electron chi connectivity index (χ4n) is 3.55. The van der Waals surface area contributed by atoms with Crippen molar-refractivity contribution in [2.75, 3.05) is 24.5 Å². The Kier molecular flexibility index (Phi) is 5.19. The number of anilines is 1. The SMILES string of the molecule is C[C@H]1CCCN1c1cc(C(=O)O)ccc1C(=O)NS(=O)(=O)N1CCCC1. The zero-order valence-electron chi connectivity index (χ0n) is 14.6. The zero-order chi connectivity index (χ0) is 18.9. The van der Waals surface area contributed by atoms with Gasteiger partial charge in [0.1, 0.15) is 0 Å². The van der Waals surface area contributed by atoms with E-state index in [4.69, 9.17) is 0 Å². The number of carbonyl (C=O) groups is 2. The summed E-state index contributed by atoms with van der Waals surface area (Å²) in [6.45, 7) is 3.50. The van der Waals surface area contributed by atoms with E-state index in [0.29, 0.717) is 25.3 Å². The van der Waals surface area contributed by atoms with Crippen molar-refractivity contribution in [3.05, 3.63) is 29.3 Å². The maximum Gasteiger partial charge on any atom is 0.335 e. The van der Waals surface area contributed by atoms with Gasteiger partial charge in [0.05, 0.1) is 16.8 Å². The van der Waals surface area contributed by atoms with Gasteiger partial charge in [-0.05, 0) is 50.8 Å². The van der Waals surface area contributed by atoms with Gasteiger partial charge in [-0.15, -0.1) is 0 Å². The molecule has 2 N–H and O–H groups in total. The van der Waals surface area contributed by atoms with Crippen LogP contribution in [0.2, 0.25) is 0 Å². The second-order valence-corrected chi connectivity index (χ2v) is 8.43. The van der Waals surface area contributed by atoms with Crippen LogP contribution < -0.4 is 9.62 Å². The first-order valence-electron chi connectivity index (χ1n) is 8.76. The molecule has 0 spiro atoms. The van der Waals surface area contributed by atoms with E-state index in [2.05, 4.69) is 4.72 Å². The van der Waals surface area contributed by atoms with Crippen molar-refractivity contribution in [2.24, 2.45) is 0 Å². The van der Waals surface area contributed by atoms with E-state index in [-0.39, 0.29) is 17.2 Å². The maximum absolute atomic E-state index is 12.7. The van der Waals surface area contributed by atoms with Crippen LogP contribution in [0.4, 0.5) is 5.69 Å². The Labute approximate surface area is 153 Å².